The molecule has 110 valence electrons. The monoisotopic (exact) mass is 292 g/mol. The SMILES string of the molecule is COC(=O)c1ccc(CNc2cc(C(N)=O)ccc2F)o1. The second-order valence-corrected chi connectivity index (χ2v) is 4.17. The lowest BCUT2D eigenvalue weighted by molar-refractivity contribution is 0.0563. The molecule has 0 aliphatic heterocycles. The fraction of sp³-hybridized carbons (Fsp3) is 0.143. The number of carbonyl (C=O) groups excluding carboxylic acids is 2. The van der Waals surface area contributed by atoms with Gasteiger partial charge in [-0.1, -0.05) is 0 Å². The molecule has 0 unspecified atom stereocenters. The number of esters is 1. The fourth-order valence-electron chi connectivity index (χ4n) is 1.68. The van der Waals surface area contributed by atoms with E-state index in [2.05, 4.69) is 10.1 Å². The van der Waals surface area contributed by atoms with Crippen molar-refractivity contribution in [3.8, 4) is 0 Å². The van der Waals surface area contributed by atoms with Crippen molar-refractivity contribution in [1.29, 1.82) is 0 Å². The van der Waals surface area contributed by atoms with Crippen LogP contribution in [0.4, 0.5) is 10.1 Å². The van der Waals surface area contributed by atoms with Crippen LogP contribution in [0.2, 0.25) is 0 Å². The van der Waals surface area contributed by atoms with Crippen molar-refractivity contribution in [3.63, 3.8) is 0 Å². The first-order valence-electron chi connectivity index (χ1n) is 6.01. The van der Waals surface area contributed by atoms with Gasteiger partial charge < -0.3 is 20.2 Å². The molecule has 0 fully saturated rings. The second-order valence-electron chi connectivity index (χ2n) is 4.17. The Balaban J connectivity index is 2.09. The third-order valence-electron chi connectivity index (χ3n) is 2.75. The number of furan rings is 1. The van der Waals surface area contributed by atoms with E-state index in [0.717, 1.165) is 6.07 Å². The number of methoxy groups -OCH3 is 1. The maximum atomic E-state index is 13.6. The number of anilines is 1. The number of benzene rings is 1. The number of hydrogen-bond donors (Lipinski definition) is 2. The Labute approximate surface area is 119 Å². The molecule has 1 heterocycles. The Bertz CT molecular complexity index is 681. The highest BCUT2D eigenvalue weighted by atomic mass is 19.1. The van der Waals surface area contributed by atoms with E-state index in [4.69, 9.17) is 10.2 Å². The first-order chi connectivity index (χ1) is 10.0. The Morgan fingerprint density at radius 3 is 2.76 bits per heavy atom. The van der Waals surface area contributed by atoms with E-state index >= 15 is 0 Å². The van der Waals surface area contributed by atoms with Crippen LogP contribution in [-0.4, -0.2) is 19.0 Å². The predicted molar refractivity (Wildman–Crippen MR) is 72.3 cm³/mol. The van der Waals surface area contributed by atoms with Gasteiger partial charge in [0.25, 0.3) is 0 Å². The summed E-state index contributed by atoms with van der Waals surface area (Å²) in [5.41, 5.74) is 5.43. The molecular weight excluding hydrogens is 279 g/mol. The molecule has 2 rings (SSSR count). The molecule has 0 aliphatic rings. The van der Waals surface area contributed by atoms with Gasteiger partial charge in [0, 0.05) is 5.56 Å². The highest BCUT2D eigenvalue weighted by Crippen LogP contribution is 2.18. The summed E-state index contributed by atoms with van der Waals surface area (Å²) in [5.74, 6) is -1.30. The molecule has 0 bridgehead atoms. The molecule has 1 aromatic heterocycles. The highest BCUT2D eigenvalue weighted by molar-refractivity contribution is 5.93. The number of halogens is 1. The average Bonchev–Trinajstić information content (AvgIpc) is 2.94. The number of hydrogen-bond acceptors (Lipinski definition) is 5. The van der Waals surface area contributed by atoms with E-state index in [-0.39, 0.29) is 23.6 Å². The largest absolute Gasteiger partial charge is 0.463 e. The lowest BCUT2D eigenvalue weighted by Crippen LogP contribution is -2.12. The molecule has 1 amide bonds. The number of primary amides is 1. The normalized spacial score (nSPS) is 10.2. The summed E-state index contributed by atoms with van der Waals surface area (Å²) in [4.78, 5) is 22.3. The molecule has 0 atom stereocenters. The van der Waals surface area contributed by atoms with Crippen LogP contribution in [0.15, 0.2) is 34.7 Å². The summed E-state index contributed by atoms with van der Waals surface area (Å²) in [6, 6.07) is 6.77. The topological polar surface area (TPSA) is 94.6 Å². The Morgan fingerprint density at radius 2 is 2.10 bits per heavy atom. The zero-order valence-corrected chi connectivity index (χ0v) is 11.2. The summed E-state index contributed by atoms with van der Waals surface area (Å²) >= 11 is 0. The summed E-state index contributed by atoms with van der Waals surface area (Å²) in [6.07, 6.45) is 0. The molecule has 0 radical (unpaired) electrons. The van der Waals surface area contributed by atoms with Gasteiger partial charge in [-0.2, -0.15) is 0 Å². The molecule has 3 N–H and O–H groups in total. The van der Waals surface area contributed by atoms with Crippen molar-refractivity contribution in [2.24, 2.45) is 5.73 Å². The van der Waals surface area contributed by atoms with Crippen LogP contribution in [0, 0.1) is 5.82 Å². The second kappa shape index (κ2) is 6.08. The van der Waals surface area contributed by atoms with Crippen LogP contribution in [0.1, 0.15) is 26.7 Å². The minimum absolute atomic E-state index is 0.0562. The first kappa shape index (κ1) is 14.6. The van der Waals surface area contributed by atoms with Gasteiger partial charge in [-0.05, 0) is 30.3 Å². The van der Waals surface area contributed by atoms with E-state index in [1.165, 1.54) is 25.3 Å². The maximum absolute atomic E-state index is 13.6. The summed E-state index contributed by atoms with van der Waals surface area (Å²) in [6.45, 7) is 0.135. The molecule has 0 aliphatic carbocycles. The van der Waals surface area contributed by atoms with Crippen molar-refractivity contribution in [1.82, 2.24) is 0 Å². The summed E-state index contributed by atoms with van der Waals surface area (Å²) < 4.78 is 23.3. The lowest BCUT2D eigenvalue weighted by atomic mass is 10.2. The number of nitrogens with one attached hydrogen (secondary N) is 1. The van der Waals surface area contributed by atoms with Crippen LogP contribution in [0.3, 0.4) is 0 Å². The molecular formula is C14H13FN2O4. The minimum Gasteiger partial charge on any atom is -0.463 e. The molecule has 0 saturated carbocycles. The van der Waals surface area contributed by atoms with Gasteiger partial charge in [-0.3, -0.25) is 4.79 Å². The Hall–Kier alpha value is -2.83. The van der Waals surface area contributed by atoms with E-state index in [0.29, 0.717) is 5.76 Å². The molecule has 21 heavy (non-hydrogen) atoms. The maximum Gasteiger partial charge on any atom is 0.373 e. The van der Waals surface area contributed by atoms with Gasteiger partial charge >= 0.3 is 5.97 Å². The van der Waals surface area contributed by atoms with Crippen molar-refractivity contribution in [2.75, 3.05) is 12.4 Å². The molecule has 0 spiro atoms. The van der Waals surface area contributed by atoms with Gasteiger partial charge in [-0.25, -0.2) is 9.18 Å². The Morgan fingerprint density at radius 1 is 1.33 bits per heavy atom. The molecule has 2 aromatic rings. The summed E-state index contributed by atoms with van der Waals surface area (Å²) in [7, 11) is 1.24. The lowest BCUT2D eigenvalue weighted by Gasteiger charge is -2.07. The van der Waals surface area contributed by atoms with Crippen molar-refractivity contribution < 1.29 is 23.1 Å². The van der Waals surface area contributed by atoms with Crippen LogP contribution in [0.5, 0.6) is 0 Å². The van der Waals surface area contributed by atoms with Gasteiger partial charge in [0.15, 0.2) is 0 Å². The zero-order valence-electron chi connectivity index (χ0n) is 11.2. The van der Waals surface area contributed by atoms with Crippen LogP contribution in [-0.2, 0) is 11.3 Å². The van der Waals surface area contributed by atoms with Crippen molar-refractivity contribution in [2.45, 2.75) is 6.54 Å². The molecule has 0 saturated heterocycles. The van der Waals surface area contributed by atoms with Crippen LogP contribution in [0.25, 0.3) is 0 Å². The van der Waals surface area contributed by atoms with Crippen LogP contribution >= 0.6 is 0 Å². The molecule has 1 aromatic carbocycles. The van der Waals surface area contributed by atoms with Crippen molar-refractivity contribution in [3.05, 3.63) is 53.2 Å². The predicted octanol–water partition coefficient (Wildman–Crippen LogP) is 1.92. The fourth-order valence-corrected chi connectivity index (χ4v) is 1.68. The van der Waals surface area contributed by atoms with E-state index in [1.54, 1.807) is 6.07 Å². The standard InChI is InChI=1S/C14H13FN2O4/c1-20-14(19)12-5-3-9(21-12)7-17-11-6-8(13(16)18)2-4-10(11)15/h2-6,17H,7H2,1H3,(H2,16,18). The number of nitrogens with two attached hydrogens (primary N) is 1. The quantitative estimate of drug-likeness (QED) is 0.821. The third kappa shape index (κ3) is 3.38. The van der Waals surface area contributed by atoms with Crippen LogP contribution < -0.4 is 11.1 Å². The number of rotatable bonds is 5. The number of carbonyl (C=O) groups is 2. The van der Waals surface area contributed by atoms with Gasteiger partial charge in [0.05, 0.1) is 19.3 Å². The zero-order chi connectivity index (χ0) is 15.4. The van der Waals surface area contributed by atoms with E-state index < -0.39 is 17.7 Å². The van der Waals surface area contributed by atoms with E-state index in [1.807, 2.05) is 0 Å². The molecule has 6 nitrogen and oxygen atoms in total. The van der Waals surface area contributed by atoms with Crippen molar-refractivity contribution >= 4 is 17.6 Å². The highest BCUT2D eigenvalue weighted by Gasteiger charge is 2.12. The number of ether oxygens (including phenoxy) is 1. The number of amides is 1. The average molecular weight is 292 g/mol. The smallest absolute Gasteiger partial charge is 0.373 e. The van der Waals surface area contributed by atoms with Gasteiger partial charge in [-0.15, -0.1) is 0 Å². The Kier molecular flexibility index (Phi) is 4.22. The molecule has 7 heteroatoms. The van der Waals surface area contributed by atoms with Gasteiger partial charge in [0.2, 0.25) is 11.7 Å². The summed E-state index contributed by atoms with van der Waals surface area (Å²) in [5, 5.41) is 2.77. The van der Waals surface area contributed by atoms with Gasteiger partial charge in [0.1, 0.15) is 11.6 Å². The third-order valence-corrected chi connectivity index (χ3v) is 2.75. The van der Waals surface area contributed by atoms with E-state index in [9.17, 15) is 14.0 Å². The minimum atomic E-state index is -0.649. The first-order valence-corrected chi connectivity index (χ1v) is 6.01.